The van der Waals surface area contributed by atoms with E-state index >= 15 is 0 Å². The quantitative estimate of drug-likeness (QED) is 0.115. The van der Waals surface area contributed by atoms with Crippen molar-refractivity contribution in [2.75, 3.05) is 4.90 Å². The second-order valence-electron chi connectivity index (χ2n) is 13.6. The van der Waals surface area contributed by atoms with Crippen LogP contribution in [0.25, 0.3) is 60.9 Å². The van der Waals surface area contributed by atoms with Gasteiger partial charge in [-0.1, -0.05) is 140 Å². The van der Waals surface area contributed by atoms with Crippen LogP contribution in [0.2, 0.25) is 0 Å². The smallest absolute Gasteiger partial charge is 0.0537 e. The zero-order valence-electron chi connectivity index (χ0n) is 29.9. The minimum Gasteiger partial charge on any atom is -0.311 e. The summed E-state index contributed by atoms with van der Waals surface area (Å²) in [6, 6.07) is 56.6. The lowest BCUT2D eigenvalue weighted by atomic mass is 9.86. The second kappa shape index (κ2) is 13.8. The summed E-state index contributed by atoms with van der Waals surface area (Å²) < 4.78 is 2.43. The fourth-order valence-electron chi connectivity index (χ4n) is 8.20. The Bertz CT molecular complexity index is 2630. The van der Waals surface area contributed by atoms with E-state index in [1.165, 1.54) is 60.5 Å². The van der Waals surface area contributed by atoms with Crippen LogP contribution < -0.4 is 4.90 Å². The van der Waals surface area contributed by atoms with Crippen LogP contribution in [0, 0.1) is 0 Å². The molecule has 0 radical (unpaired) electrons. The Morgan fingerprint density at radius 2 is 1.15 bits per heavy atom. The molecule has 0 saturated heterocycles. The van der Waals surface area contributed by atoms with Crippen LogP contribution in [0.1, 0.15) is 30.2 Å². The summed E-state index contributed by atoms with van der Waals surface area (Å²) in [5.74, 6) is 0. The third-order valence-corrected chi connectivity index (χ3v) is 10.6. The van der Waals surface area contributed by atoms with Gasteiger partial charge in [0.1, 0.15) is 0 Å². The largest absolute Gasteiger partial charge is 0.311 e. The first-order valence-electron chi connectivity index (χ1n) is 18.5. The number of para-hydroxylation sites is 3. The molecule has 254 valence electrons. The molecule has 7 aromatic carbocycles. The summed E-state index contributed by atoms with van der Waals surface area (Å²) >= 11 is 0. The topological polar surface area (TPSA) is 8.17 Å². The molecule has 0 bridgehead atoms. The van der Waals surface area contributed by atoms with Gasteiger partial charge in [0.05, 0.1) is 5.52 Å². The highest BCUT2D eigenvalue weighted by Gasteiger charge is 2.20. The van der Waals surface area contributed by atoms with Gasteiger partial charge < -0.3 is 9.47 Å². The van der Waals surface area contributed by atoms with Crippen molar-refractivity contribution in [3.63, 3.8) is 0 Å². The van der Waals surface area contributed by atoms with Crippen molar-refractivity contribution in [3.8, 4) is 16.8 Å². The molecule has 0 spiro atoms. The van der Waals surface area contributed by atoms with Gasteiger partial charge in [0.15, 0.2) is 0 Å². The van der Waals surface area contributed by atoms with Crippen molar-refractivity contribution < 1.29 is 0 Å². The molecule has 0 atom stereocenters. The Labute approximate surface area is 311 Å². The van der Waals surface area contributed by atoms with E-state index in [0.29, 0.717) is 0 Å². The highest BCUT2D eigenvalue weighted by Crippen LogP contribution is 2.43. The summed E-state index contributed by atoms with van der Waals surface area (Å²) in [5, 5.41) is 6.18. The summed E-state index contributed by atoms with van der Waals surface area (Å²) in [7, 11) is 0. The van der Waals surface area contributed by atoms with Crippen LogP contribution in [-0.4, -0.2) is 4.57 Å². The van der Waals surface area contributed by atoms with E-state index in [9.17, 15) is 0 Å². The van der Waals surface area contributed by atoms with Crippen LogP contribution in [0.15, 0.2) is 194 Å². The Morgan fingerprint density at radius 3 is 1.75 bits per heavy atom. The van der Waals surface area contributed by atoms with Gasteiger partial charge >= 0.3 is 0 Å². The third-order valence-electron chi connectivity index (χ3n) is 10.6. The van der Waals surface area contributed by atoms with Gasteiger partial charge in [-0.25, -0.2) is 0 Å². The van der Waals surface area contributed by atoms with Gasteiger partial charge in [-0.15, -0.1) is 0 Å². The van der Waals surface area contributed by atoms with Crippen LogP contribution in [0.4, 0.5) is 11.4 Å². The highest BCUT2D eigenvalue weighted by atomic mass is 15.1. The number of hydrogen-bond acceptors (Lipinski definition) is 1. The Morgan fingerprint density at radius 1 is 0.604 bits per heavy atom. The average molecular weight is 681 g/mol. The molecule has 0 saturated carbocycles. The molecule has 0 N–H and O–H groups in total. The number of allylic oxidation sites excluding steroid dienone is 5. The van der Waals surface area contributed by atoms with Gasteiger partial charge in [-0.05, 0) is 124 Å². The Balaban J connectivity index is 1.14. The van der Waals surface area contributed by atoms with Crippen molar-refractivity contribution in [2.24, 2.45) is 0 Å². The monoisotopic (exact) mass is 680 g/mol. The summed E-state index contributed by atoms with van der Waals surface area (Å²) in [5.41, 5.74) is 13.1. The first-order valence-corrected chi connectivity index (χ1v) is 18.5. The zero-order chi connectivity index (χ0) is 35.7. The Hall–Kier alpha value is -6.64. The zero-order valence-corrected chi connectivity index (χ0v) is 29.9. The minimum atomic E-state index is 0.969. The maximum absolute atomic E-state index is 4.70. The van der Waals surface area contributed by atoms with Gasteiger partial charge in [-0.3, -0.25) is 0 Å². The number of rotatable bonds is 8. The van der Waals surface area contributed by atoms with E-state index in [2.05, 4.69) is 204 Å². The number of benzene rings is 7. The lowest BCUT2D eigenvalue weighted by molar-refractivity contribution is 0.967. The molecule has 2 heteroatoms. The van der Waals surface area contributed by atoms with Crippen LogP contribution in [0.5, 0.6) is 0 Å². The molecule has 1 aliphatic carbocycles. The number of nitrogens with zero attached hydrogens (tertiary/aromatic N) is 2. The van der Waals surface area contributed by atoms with E-state index in [1.54, 1.807) is 0 Å². The lowest BCUT2D eigenvalue weighted by Crippen LogP contribution is -2.14. The Kier molecular flexibility index (Phi) is 8.42. The highest BCUT2D eigenvalue weighted by molar-refractivity contribution is 6.19. The molecule has 1 heterocycles. The molecular weight excluding hydrogens is 641 g/mol. The van der Waals surface area contributed by atoms with Gasteiger partial charge in [0, 0.05) is 33.8 Å². The van der Waals surface area contributed by atoms with E-state index in [4.69, 9.17) is 6.58 Å². The number of fused-ring (bicyclic) bond motifs is 5. The van der Waals surface area contributed by atoms with Crippen molar-refractivity contribution >= 4 is 55.5 Å². The molecule has 2 nitrogen and oxygen atoms in total. The number of aromatic nitrogens is 1. The van der Waals surface area contributed by atoms with Crippen LogP contribution >= 0.6 is 0 Å². The van der Waals surface area contributed by atoms with Gasteiger partial charge in [-0.2, -0.15) is 0 Å². The fourth-order valence-corrected chi connectivity index (χ4v) is 8.20. The standard InChI is InChI=1S/C51H40N2/c1-3-38(52(39-18-6-4-7-19-39)40-20-8-5-9-21-40)33-30-36(2)50-44-24-10-12-26-46(44)51(47-27-13-11-25-45(47)50)37-31-34-41(35-32-37)53-48-28-16-14-22-42(48)43-23-15-17-29-49(43)53/h3-14,16-22,24-35H,2,15,23H2,1H3/b33-30-,38-3+. The minimum absolute atomic E-state index is 0.969. The van der Waals surface area contributed by atoms with E-state index in [1.807, 2.05) is 0 Å². The van der Waals surface area contributed by atoms with E-state index in [0.717, 1.165) is 41.1 Å². The second-order valence-corrected chi connectivity index (χ2v) is 13.6. The van der Waals surface area contributed by atoms with Gasteiger partial charge in [0.25, 0.3) is 0 Å². The molecule has 9 rings (SSSR count). The molecule has 0 aliphatic heterocycles. The van der Waals surface area contributed by atoms with Crippen LogP contribution in [-0.2, 0) is 6.42 Å². The molecule has 8 aromatic rings. The maximum atomic E-state index is 4.70. The number of anilines is 2. The maximum Gasteiger partial charge on any atom is 0.0537 e. The number of aryl methyl sites for hydroxylation is 1. The van der Waals surface area contributed by atoms with E-state index < -0.39 is 0 Å². The van der Waals surface area contributed by atoms with Gasteiger partial charge in [0.2, 0.25) is 0 Å². The fraction of sp³-hybridized carbons (Fsp3) is 0.0588. The van der Waals surface area contributed by atoms with Crippen LogP contribution in [0.3, 0.4) is 0 Å². The predicted octanol–water partition coefficient (Wildman–Crippen LogP) is 13.9. The molecule has 0 fully saturated rings. The average Bonchev–Trinajstić information content (AvgIpc) is 3.56. The molecule has 1 aliphatic rings. The summed E-state index contributed by atoms with van der Waals surface area (Å²) in [4.78, 5) is 2.29. The van der Waals surface area contributed by atoms with Crippen molar-refractivity contribution in [1.82, 2.24) is 4.57 Å². The molecular formula is C51H40N2. The lowest BCUT2D eigenvalue weighted by Gasteiger charge is -2.26. The molecule has 1 aromatic heterocycles. The number of hydrogen-bond donors (Lipinski definition) is 0. The first kappa shape index (κ1) is 32.3. The predicted molar refractivity (Wildman–Crippen MR) is 228 cm³/mol. The normalized spacial score (nSPS) is 12.9. The summed E-state index contributed by atoms with van der Waals surface area (Å²) in [6.07, 6.45) is 13.3. The van der Waals surface area contributed by atoms with Crippen molar-refractivity contribution in [1.29, 1.82) is 0 Å². The van der Waals surface area contributed by atoms with Crippen molar-refractivity contribution in [2.45, 2.75) is 19.8 Å². The third kappa shape index (κ3) is 5.70. The van der Waals surface area contributed by atoms with E-state index in [-0.39, 0.29) is 0 Å². The molecule has 0 amide bonds. The summed E-state index contributed by atoms with van der Waals surface area (Å²) in [6.45, 7) is 6.79. The van der Waals surface area contributed by atoms with Crippen molar-refractivity contribution in [3.05, 3.63) is 211 Å². The SMILES string of the molecule is C=C(/C=C\C(=C/C)N(c1ccccc1)c1ccccc1)c1c2ccccc2c(-c2ccc(-n3c4c(c5ccccc53)CCC=C4)cc2)c2ccccc12. The molecule has 53 heavy (non-hydrogen) atoms. The molecule has 0 unspecified atom stereocenters. The first-order chi connectivity index (χ1) is 26.2.